The molecule has 0 aliphatic rings. The van der Waals surface area contributed by atoms with Crippen LogP contribution in [0.2, 0.25) is 0 Å². The SMILES string of the molecule is N#Cc1ccc(O)c(C=CCCN)c1. The number of hydrogen-bond acceptors (Lipinski definition) is 3. The molecule has 0 aliphatic heterocycles. The molecule has 72 valence electrons. The van der Waals surface area contributed by atoms with Crippen LogP contribution in [0, 0.1) is 11.3 Å². The summed E-state index contributed by atoms with van der Waals surface area (Å²) in [6.45, 7) is 0.579. The van der Waals surface area contributed by atoms with Crippen molar-refractivity contribution in [2.45, 2.75) is 6.42 Å². The van der Waals surface area contributed by atoms with E-state index in [1.807, 2.05) is 12.1 Å². The fourth-order valence-electron chi connectivity index (χ4n) is 1.06. The van der Waals surface area contributed by atoms with E-state index in [1.165, 1.54) is 6.07 Å². The van der Waals surface area contributed by atoms with Crippen LogP contribution < -0.4 is 5.73 Å². The summed E-state index contributed by atoms with van der Waals surface area (Å²) in [5.41, 5.74) is 6.51. The van der Waals surface area contributed by atoms with Crippen molar-refractivity contribution in [3.05, 3.63) is 35.4 Å². The maximum Gasteiger partial charge on any atom is 0.122 e. The van der Waals surface area contributed by atoms with Gasteiger partial charge in [-0.2, -0.15) is 5.26 Å². The minimum Gasteiger partial charge on any atom is -0.507 e. The molecular weight excluding hydrogens is 176 g/mol. The van der Waals surface area contributed by atoms with E-state index in [2.05, 4.69) is 0 Å². The van der Waals surface area contributed by atoms with Gasteiger partial charge in [0.1, 0.15) is 5.75 Å². The number of hydrogen-bond donors (Lipinski definition) is 2. The molecule has 1 aromatic rings. The molecule has 1 aromatic carbocycles. The first-order chi connectivity index (χ1) is 6.77. The Balaban J connectivity index is 2.90. The minimum absolute atomic E-state index is 0.178. The van der Waals surface area contributed by atoms with Crippen LogP contribution in [0.15, 0.2) is 24.3 Å². The lowest BCUT2D eigenvalue weighted by atomic mass is 10.1. The average molecular weight is 188 g/mol. The zero-order valence-corrected chi connectivity index (χ0v) is 7.77. The van der Waals surface area contributed by atoms with E-state index < -0.39 is 0 Å². The quantitative estimate of drug-likeness (QED) is 0.757. The lowest BCUT2D eigenvalue weighted by Crippen LogP contribution is -1.94. The number of rotatable bonds is 3. The van der Waals surface area contributed by atoms with Gasteiger partial charge < -0.3 is 10.8 Å². The number of nitrogens with zero attached hydrogens (tertiary/aromatic N) is 1. The highest BCUT2D eigenvalue weighted by molar-refractivity contribution is 5.59. The van der Waals surface area contributed by atoms with E-state index in [-0.39, 0.29) is 5.75 Å². The number of aromatic hydroxyl groups is 1. The lowest BCUT2D eigenvalue weighted by molar-refractivity contribution is 0.474. The fraction of sp³-hybridized carbons (Fsp3) is 0.182. The summed E-state index contributed by atoms with van der Waals surface area (Å²) in [4.78, 5) is 0. The highest BCUT2D eigenvalue weighted by atomic mass is 16.3. The Bertz CT molecular complexity index is 377. The Morgan fingerprint density at radius 1 is 1.50 bits per heavy atom. The van der Waals surface area contributed by atoms with Crippen molar-refractivity contribution in [1.29, 1.82) is 5.26 Å². The molecule has 0 saturated heterocycles. The molecule has 3 heteroatoms. The zero-order chi connectivity index (χ0) is 10.4. The van der Waals surface area contributed by atoms with Crippen molar-refractivity contribution in [3.63, 3.8) is 0 Å². The van der Waals surface area contributed by atoms with Crippen molar-refractivity contribution in [3.8, 4) is 11.8 Å². The summed E-state index contributed by atoms with van der Waals surface area (Å²) in [5.74, 6) is 0.178. The van der Waals surface area contributed by atoms with E-state index in [0.29, 0.717) is 17.7 Å². The second-order valence-corrected chi connectivity index (χ2v) is 2.87. The minimum atomic E-state index is 0.178. The topological polar surface area (TPSA) is 70.0 Å². The Morgan fingerprint density at radius 3 is 2.93 bits per heavy atom. The normalized spacial score (nSPS) is 10.3. The second-order valence-electron chi connectivity index (χ2n) is 2.87. The van der Waals surface area contributed by atoms with Crippen LogP contribution in [0.3, 0.4) is 0 Å². The molecule has 0 bridgehead atoms. The smallest absolute Gasteiger partial charge is 0.122 e. The fourth-order valence-corrected chi connectivity index (χ4v) is 1.06. The number of phenolic OH excluding ortho intramolecular Hbond substituents is 1. The summed E-state index contributed by atoms with van der Waals surface area (Å²) >= 11 is 0. The number of phenols is 1. The van der Waals surface area contributed by atoms with Crippen molar-refractivity contribution in [2.24, 2.45) is 5.73 Å². The first-order valence-electron chi connectivity index (χ1n) is 4.37. The summed E-state index contributed by atoms with van der Waals surface area (Å²) in [6.07, 6.45) is 4.40. The predicted molar refractivity (Wildman–Crippen MR) is 55.5 cm³/mol. The van der Waals surface area contributed by atoms with Gasteiger partial charge in [-0.1, -0.05) is 12.2 Å². The Kier molecular flexibility index (Phi) is 3.71. The number of nitriles is 1. The van der Waals surface area contributed by atoms with Crippen LogP contribution in [0.25, 0.3) is 6.08 Å². The maximum atomic E-state index is 9.44. The third-order valence-corrected chi connectivity index (χ3v) is 1.79. The van der Waals surface area contributed by atoms with Crippen LogP contribution >= 0.6 is 0 Å². The first kappa shape index (κ1) is 10.3. The van der Waals surface area contributed by atoms with Crippen molar-refractivity contribution >= 4 is 6.08 Å². The van der Waals surface area contributed by atoms with Crippen molar-refractivity contribution < 1.29 is 5.11 Å². The van der Waals surface area contributed by atoms with Gasteiger partial charge >= 0.3 is 0 Å². The van der Waals surface area contributed by atoms with Gasteiger partial charge in [-0.3, -0.25) is 0 Å². The van der Waals surface area contributed by atoms with Crippen molar-refractivity contribution in [1.82, 2.24) is 0 Å². The second kappa shape index (κ2) is 5.05. The molecular formula is C11H12N2O. The lowest BCUT2D eigenvalue weighted by Gasteiger charge is -1.98. The Labute approximate surface area is 83.1 Å². The number of nitrogens with two attached hydrogens (primary N) is 1. The van der Waals surface area contributed by atoms with E-state index in [1.54, 1.807) is 18.2 Å². The molecule has 0 saturated carbocycles. The van der Waals surface area contributed by atoms with Gasteiger partial charge in [0, 0.05) is 5.56 Å². The zero-order valence-electron chi connectivity index (χ0n) is 7.77. The molecule has 0 unspecified atom stereocenters. The molecule has 0 fully saturated rings. The Hall–Kier alpha value is -1.79. The van der Waals surface area contributed by atoms with Gasteiger partial charge in [0.05, 0.1) is 11.6 Å². The van der Waals surface area contributed by atoms with Gasteiger partial charge in [-0.25, -0.2) is 0 Å². The van der Waals surface area contributed by atoms with E-state index in [0.717, 1.165) is 6.42 Å². The standard InChI is InChI=1S/C11H12N2O/c12-6-2-1-3-10-7-9(8-13)4-5-11(10)14/h1,3-5,7,14H,2,6,12H2. The van der Waals surface area contributed by atoms with E-state index in [9.17, 15) is 5.11 Å². The Morgan fingerprint density at radius 2 is 2.29 bits per heavy atom. The van der Waals surface area contributed by atoms with Gasteiger partial charge in [0.25, 0.3) is 0 Å². The highest BCUT2D eigenvalue weighted by Gasteiger charge is 1.98. The number of benzene rings is 1. The molecule has 0 spiro atoms. The summed E-state index contributed by atoms with van der Waals surface area (Å²) in [5, 5.41) is 18.1. The third-order valence-electron chi connectivity index (χ3n) is 1.79. The monoisotopic (exact) mass is 188 g/mol. The average Bonchev–Trinajstić information content (AvgIpc) is 2.21. The predicted octanol–water partition coefficient (Wildman–Crippen LogP) is 1.63. The van der Waals surface area contributed by atoms with Gasteiger partial charge in [-0.05, 0) is 31.2 Å². The highest BCUT2D eigenvalue weighted by Crippen LogP contribution is 2.19. The van der Waals surface area contributed by atoms with Crippen molar-refractivity contribution in [2.75, 3.05) is 6.54 Å². The molecule has 0 heterocycles. The third kappa shape index (κ3) is 2.61. The molecule has 3 nitrogen and oxygen atoms in total. The first-order valence-corrected chi connectivity index (χ1v) is 4.37. The van der Waals surface area contributed by atoms with Crippen LogP contribution in [0.4, 0.5) is 0 Å². The van der Waals surface area contributed by atoms with Crippen LogP contribution in [0.1, 0.15) is 17.5 Å². The molecule has 0 aromatic heterocycles. The van der Waals surface area contributed by atoms with Gasteiger partial charge in [0.2, 0.25) is 0 Å². The molecule has 3 N–H and O–H groups in total. The van der Waals surface area contributed by atoms with Gasteiger partial charge in [0.15, 0.2) is 0 Å². The van der Waals surface area contributed by atoms with Gasteiger partial charge in [-0.15, -0.1) is 0 Å². The van der Waals surface area contributed by atoms with Crippen LogP contribution in [-0.4, -0.2) is 11.7 Å². The van der Waals surface area contributed by atoms with Crippen LogP contribution in [0.5, 0.6) is 5.75 Å². The summed E-state index contributed by atoms with van der Waals surface area (Å²) < 4.78 is 0. The molecule has 14 heavy (non-hydrogen) atoms. The van der Waals surface area contributed by atoms with Crippen LogP contribution in [-0.2, 0) is 0 Å². The summed E-state index contributed by atoms with van der Waals surface area (Å²) in [6, 6.07) is 6.75. The van der Waals surface area contributed by atoms with E-state index in [4.69, 9.17) is 11.0 Å². The molecule has 0 atom stereocenters. The molecule has 0 aliphatic carbocycles. The maximum absolute atomic E-state index is 9.44. The summed E-state index contributed by atoms with van der Waals surface area (Å²) in [7, 11) is 0. The largest absolute Gasteiger partial charge is 0.507 e. The van der Waals surface area contributed by atoms with E-state index >= 15 is 0 Å². The molecule has 0 radical (unpaired) electrons. The molecule has 0 amide bonds. The molecule has 1 rings (SSSR count).